The molecule has 2 aromatic heterocycles. The van der Waals surface area contributed by atoms with Crippen LogP contribution in [0, 0.1) is 0 Å². The molecule has 3 aromatic carbocycles. The second-order valence-corrected chi connectivity index (χ2v) is 29.4. The van der Waals surface area contributed by atoms with Gasteiger partial charge < -0.3 is 29.1 Å². The number of nitrogens with one attached hydrogen (secondary N) is 2. The van der Waals surface area contributed by atoms with Crippen molar-refractivity contribution in [3.05, 3.63) is 66.2 Å². The molecule has 1 amide bonds. The molecule has 0 aliphatic heterocycles. The number of para-hydroxylation sites is 1. The molecule has 5 aromatic rings. The van der Waals surface area contributed by atoms with Crippen molar-refractivity contribution in [2.75, 3.05) is 19.0 Å². The maximum atomic E-state index is 13.5. The molecule has 0 unspecified atom stereocenters. The first-order valence-corrected chi connectivity index (χ1v) is 27.7. The Hall–Kier alpha value is -3.98. The van der Waals surface area contributed by atoms with E-state index in [0.717, 1.165) is 89.3 Å². The average molecular weight is 809 g/mol. The summed E-state index contributed by atoms with van der Waals surface area (Å²) < 4.78 is 23.2. The van der Waals surface area contributed by atoms with Crippen LogP contribution in [0.5, 0.6) is 5.75 Å². The Morgan fingerprint density at radius 3 is 2.32 bits per heavy atom. The lowest BCUT2D eigenvalue weighted by atomic mass is 9.93. The third-order valence-electron chi connectivity index (χ3n) is 12.5. The molecule has 0 atom stereocenters. The average Bonchev–Trinajstić information content (AvgIpc) is 3.90. The molecular weight excluding hydrogens is 745 g/mol. The number of rotatable bonds is 14. The molecule has 7 rings (SSSR count). The number of anilines is 2. The van der Waals surface area contributed by atoms with Crippen LogP contribution in [0.3, 0.4) is 0 Å². The normalized spacial score (nSPS) is 18.4. The molecule has 0 bridgehead atoms. The first-order chi connectivity index (χ1) is 27.1. The number of carbonyl (C=O) groups is 1. The molecule has 0 radical (unpaired) electrons. The Balaban J connectivity index is 1.26. The number of hydrogen-bond acceptors (Lipinski definition) is 7. The molecule has 2 aliphatic rings. The van der Waals surface area contributed by atoms with Crippen LogP contribution in [0.4, 0.5) is 11.8 Å². The first-order valence-electron chi connectivity index (χ1n) is 21.1. The van der Waals surface area contributed by atoms with Gasteiger partial charge in [0.1, 0.15) is 12.5 Å². The van der Waals surface area contributed by atoms with Crippen LogP contribution in [0.2, 0.25) is 43.8 Å². The van der Waals surface area contributed by atoms with E-state index in [2.05, 4.69) is 99.0 Å². The summed E-state index contributed by atoms with van der Waals surface area (Å²) in [5.41, 5.74) is 5.47. The molecule has 2 aliphatic carbocycles. The van der Waals surface area contributed by atoms with E-state index in [1.807, 2.05) is 35.0 Å². The van der Waals surface area contributed by atoms with Crippen molar-refractivity contribution in [1.82, 2.24) is 24.6 Å². The fourth-order valence-corrected chi connectivity index (χ4v) is 10.3. The van der Waals surface area contributed by atoms with Crippen molar-refractivity contribution >= 4 is 56.0 Å². The van der Waals surface area contributed by atoms with E-state index in [1.54, 1.807) is 7.11 Å². The molecule has 2 saturated carbocycles. The lowest BCUT2D eigenvalue weighted by molar-refractivity contribution is 0.0819. The van der Waals surface area contributed by atoms with Crippen LogP contribution < -0.4 is 15.4 Å². The SMILES string of the molecule is COc1ccccc1-c1ccc2c(c1)c(Nc1nc3cc(C(=O)NC4CCCC4)ccc3n1C1CCC(O[Si](C)(C)C(C)(C)C)CC1)nn2COCC[Si](C)(C)C. The lowest BCUT2D eigenvalue weighted by Gasteiger charge is -2.41. The minimum atomic E-state index is -1.89. The number of hydrogen-bond donors (Lipinski definition) is 2. The standard InChI is InChI=1S/C45H64N6O4Si2/c1-45(2,3)57(8,9)55-35-22-20-34(21-23-35)51-40-25-19-32(43(52)46-33-14-10-11-15-33)29-38(40)47-44(51)48-42-37-28-31(36-16-12-13-17-41(36)53-4)18-24-39(37)50(49-42)30-54-26-27-56(5,6)7/h12-13,16-19,24-25,28-29,33-35H,10-11,14-15,20-23,26-27,30H2,1-9H3,(H,46,52)(H,47,48,49). The van der Waals surface area contributed by atoms with Gasteiger partial charge in [-0.05, 0) is 105 Å². The van der Waals surface area contributed by atoms with Crippen molar-refractivity contribution in [3.63, 3.8) is 0 Å². The van der Waals surface area contributed by atoms with Crippen LogP contribution in [0.15, 0.2) is 60.7 Å². The molecule has 2 heterocycles. The highest BCUT2D eigenvalue weighted by Crippen LogP contribution is 2.42. The number of ether oxygens (including phenoxy) is 2. The molecule has 12 heteroatoms. The minimum Gasteiger partial charge on any atom is -0.496 e. The van der Waals surface area contributed by atoms with Gasteiger partial charge in [0.2, 0.25) is 5.95 Å². The van der Waals surface area contributed by atoms with E-state index >= 15 is 0 Å². The fourth-order valence-electron chi connectivity index (χ4n) is 8.11. The minimum absolute atomic E-state index is 0.0288. The number of aromatic nitrogens is 4. The van der Waals surface area contributed by atoms with Gasteiger partial charge in [0, 0.05) is 49.4 Å². The quantitative estimate of drug-likeness (QED) is 0.0850. The summed E-state index contributed by atoms with van der Waals surface area (Å²) in [5, 5.41) is 13.3. The van der Waals surface area contributed by atoms with Crippen LogP contribution >= 0.6 is 0 Å². The Morgan fingerprint density at radius 2 is 1.61 bits per heavy atom. The summed E-state index contributed by atoms with van der Waals surface area (Å²) in [6.45, 7) is 19.8. The van der Waals surface area contributed by atoms with Gasteiger partial charge in [-0.15, -0.1) is 0 Å². The number of amides is 1. The van der Waals surface area contributed by atoms with E-state index in [0.29, 0.717) is 24.7 Å². The first kappa shape index (κ1) is 41.2. The molecule has 57 heavy (non-hydrogen) atoms. The van der Waals surface area contributed by atoms with E-state index < -0.39 is 16.4 Å². The smallest absolute Gasteiger partial charge is 0.251 e. The van der Waals surface area contributed by atoms with Crippen molar-refractivity contribution in [3.8, 4) is 16.9 Å². The van der Waals surface area contributed by atoms with Gasteiger partial charge in [0.05, 0.1) is 23.7 Å². The molecule has 0 spiro atoms. The lowest BCUT2D eigenvalue weighted by Crippen LogP contribution is -2.44. The maximum absolute atomic E-state index is 13.5. The van der Waals surface area contributed by atoms with Crippen molar-refractivity contribution < 1.29 is 18.7 Å². The van der Waals surface area contributed by atoms with Gasteiger partial charge in [0.15, 0.2) is 14.1 Å². The second kappa shape index (κ2) is 16.7. The third-order valence-corrected chi connectivity index (χ3v) is 18.8. The van der Waals surface area contributed by atoms with Crippen molar-refractivity contribution in [1.29, 1.82) is 0 Å². The topological polar surface area (TPSA) is 104 Å². The molecule has 2 fully saturated rings. The maximum Gasteiger partial charge on any atom is 0.251 e. The van der Waals surface area contributed by atoms with Crippen molar-refractivity contribution in [2.24, 2.45) is 0 Å². The second-order valence-electron chi connectivity index (χ2n) is 19.0. The zero-order valence-corrected chi connectivity index (χ0v) is 37.7. The molecule has 0 saturated heterocycles. The van der Waals surface area contributed by atoms with Gasteiger partial charge in [-0.1, -0.05) is 77.5 Å². The van der Waals surface area contributed by atoms with E-state index in [1.165, 1.54) is 12.8 Å². The third kappa shape index (κ3) is 9.35. The number of carbonyl (C=O) groups excluding carboxylic acids is 1. The summed E-state index contributed by atoms with van der Waals surface area (Å²) in [7, 11) is -1.44. The Morgan fingerprint density at radius 1 is 0.895 bits per heavy atom. The molecule has 2 N–H and O–H groups in total. The Kier molecular flexibility index (Phi) is 12.1. The van der Waals surface area contributed by atoms with Gasteiger partial charge >= 0.3 is 0 Å². The largest absolute Gasteiger partial charge is 0.496 e. The van der Waals surface area contributed by atoms with Gasteiger partial charge in [-0.2, -0.15) is 5.10 Å². The van der Waals surface area contributed by atoms with Crippen LogP contribution in [-0.2, 0) is 15.9 Å². The van der Waals surface area contributed by atoms with E-state index in [-0.39, 0.29) is 29.1 Å². The van der Waals surface area contributed by atoms with Crippen LogP contribution in [0.25, 0.3) is 33.1 Å². The summed E-state index contributed by atoms with van der Waals surface area (Å²) in [4.78, 5) is 18.7. The summed E-state index contributed by atoms with van der Waals surface area (Å²) in [6, 6.07) is 22.1. The van der Waals surface area contributed by atoms with Gasteiger partial charge in [-0.3, -0.25) is 4.79 Å². The molecular formula is C45H64N6O4Si2. The van der Waals surface area contributed by atoms with E-state index in [4.69, 9.17) is 24.0 Å². The Labute approximate surface area is 341 Å². The predicted molar refractivity (Wildman–Crippen MR) is 238 cm³/mol. The Bertz CT molecular complexity index is 2190. The van der Waals surface area contributed by atoms with Crippen LogP contribution in [-0.4, -0.2) is 67.5 Å². The number of nitrogens with zero attached hydrogens (tertiary/aromatic N) is 4. The fraction of sp³-hybridized carbons (Fsp3) is 0.533. The molecule has 10 nitrogen and oxygen atoms in total. The zero-order valence-electron chi connectivity index (χ0n) is 35.7. The van der Waals surface area contributed by atoms with Crippen molar-refractivity contribution in [2.45, 2.75) is 141 Å². The number of fused-ring (bicyclic) bond motifs is 2. The number of methoxy groups -OCH3 is 1. The highest BCUT2D eigenvalue weighted by Gasteiger charge is 2.40. The summed E-state index contributed by atoms with van der Waals surface area (Å²) >= 11 is 0. The van der Waals surface area contributed by atoms with Gasteiger partial charge in [-0.25, -0.2) is 9.67 Å². The number of imidazole rings is 1. The zero-order chi connectivity index (χ0) is 40.5. The number of benzene rings is 3. The van der Waals surface area contributed by atoms with Gasteiger partial charge in [0.25, 0.3) is 5.91 Å². The molecule has 306 valence electrons. The van der Waals surface area contributed by atoms with Crippen LogP contribution in [0.1, 0.15) is 88.5 Å². The predicted octanol–water partition coefficient (Wildman–Crippen LogP) is 11.3. The summed E-state index contributed by atoms with van der Waals surface area (Å²) in [5.74, 6) is 2.22. The summed E-state index contributed by atoms with van der Waals surface area (Å²) in [6.07, 6.45) is 8.61. The van der Waals surface area contributed by atoms with E-state index in [9.17, 15) is 4.79 Å². The monoisotopic (exact) mass is 808 g/mol. The highest BCUT2D eigenvalue weighted by atomic mass is 28.4. The highest BCUT2D eigenvalue weighted by molar-refractivity contribution is 6.76.